The van der Waals surface area contributed by atoms with Crippen molar-refractivity contribution in [3.63, 3.8) is 0 Å². The SMILES string of the molecule is NC1CCCC1S(=O)c1ccc2c(c1)CCC2. The van der Waals surface area contributed by atoms with Gasteiger partial charge in [-0.25, -0.2) is 0 Å². The van der Waals surface area contributed by atoms with Gasteiger partial charge >= 0.3 is 0 Å². The molecule has 2 aliphatic rings. The van der Waals surface area contributed by atoms with Crippen LogP contribution in [0.5, 0.6) is 0 Å². The highest BCUT2D eigenvalue weighted by Crippen LogP contribution is 2.29. The lowest BCUT2D eigenvalue weighted by Crippen LogP contribution is -2.32. The van der Waals surface area contributed by atoms with Crippen molar-refractivity contribution in [2.45, 2.75) is 54.7 Å². The summed E-state index contributed by atoms with van der Waals surface area (Å²) in [5, 5.41) is 0.175. The maximum Gasteiger partial charge on any atom is 0.0576 e. The minimum atomic E-state index is -0.906. The van der Waals surface area contributed by atoms with E-state index in [1.807, 2.05) is 6.07 Å². The van der Waals surface area contributed by atoms with Crippen molar-refractivity contribution in [3.8, 4) is 0 Å². The van der Waals surface area contributed by atoms with Gasteiger partial charge in [-0.3, -0.25) is 4.21 Å². The summed E-state index contributed by atoms with van der Waals surface area (Å²) in [5.41, 5.74) is 8.89. The monoisotopic (exact) mass is 249 g/mol. The van der Waals surface area contributed by atoms with Crippen LogP contribution in [0.1, 0.15) is 36.8 Å². The van der Waals surface area contributed by atoms with Crippen LogP contribution in [-0.2, 0) is 23.6 Å². The van der Waals surface area contributed by atoms with Gasteiger partial charge in [-0.2, -0.15) is 0 Å². The Morgan fingerprint density at radius 1 is 1.12 bits per heavy atom. The molecule has 1 aromatic carbocycles. The molecule has 0 heterocycles. The van der Waals surface area contributed by atoms with E-state index in [4.69, 9.17) is 5.73 Å². The Kier molecular flexibility index (Phi) is 3.05. The van der Waals surface area contributed by atoms with Crippen LogP contribution in [0.2, 0.25) is 0 Å². The van der Waals surface area contributed by atoms with Gasteiger partial charge in [-0.05, 0) is 55.4 Å². The second kappa shape index (κ2) is 4.54. The van der Waals surface area contributed by atoms with Crippen LogP contribution in [0, 0.1) is 0 Å². The highest BCUT2D eigenvalue weighted by Gasteiger charge is 2.30. The zero-order valence-electron chi connectivity index (χ0n) is 10.0. The van der Waals surface area contributed by atoms with Gasteiger partial charge in [0.2, 0.25) is 0 Å². The van der Waals surface area contributed by atoms with E-state index in [0.717, 1.165) is 30.6 Å². The van der Waals surface area contributed by atoms with Crippen LogP contribution in [0.4, 0.5) is 0 Å². The summed E-state index contributed by atoms with van der Waals surface area (Å²) in [6, 6.07) is 6.49. The van der Waals surface area contributed by atoms with E-state index < -0.39 is 10.8 Å². The molecule has 0 radical (unpaired) electrons. The summed E-state index contributed by atoms with van der Waals surface area (Å²) in [6.45, 7) is 0. The first-order chi connectivity index (χ1) is 8.25. The number of rotatable bonds is 2. The summed E-state index contributed by atoms with van der Waals surface area (Å²) in [5.74, 6) is 0. The first-order valence-corrected chi connectivity index (χ1v) is 7.75. The minimum Gasteiger partial charge on any atom is -0.327 e. The number of benzene rings is 1. The molecule has 2 N–H and O–H groups in total. The normalized spacial score (nSPS) is 29.2. The molecule has 3 rings (SSSR count). The molecule has 3 heteroatoms. The molecule has 0 saturated heterocycles. The minimum absolute atomic E-state index is 0.129. The van der Waals surface area contributed by atoms with Crippen molar-refractivity contribution in [2.75, 3.05) is 0 Å². The van der Waals surface area contributed by atoms with Gasteiger partial charge in [0, 0.05) is 10.9 Å². The molecular formula is C14H19NOS. The van der Waals surface area contributed by atoms with E-state index in [0.29, 0.717) is 0 Å². The molecule has 1 fully saturated rings. The van der Waals surface area contributed by atoms with Crippen molar-refractivity contribution < 1.29 is 4.21 Å². The largest absolute Gasteiger partial charge is 0.327 e. The average molecular weight is 249 g/mol. The molecule has 1 aromatic rings. The second-order valence-electron chi connectivity index (χ2n) is 5.21. The summed E-state index contributed by atoms with van der Waals surface area (Å²) >= 11 is 0. The molecule has 1 saturated carbocycles. The van der Waals surface area contributed by atoms with Crippen LogP contribution >= 0.6 is 0 Å². The number of hydrogen-bond acceptors (Lipinski definition) is 2. The van der Waals surface area contributed by atoms with Crippen LogP contribution in [0.3, 0.4) is 0 Å². The maximum atomic E-state index is 12.5. The number of aryl methyl sites for hydroxylation is 2. The van der Waals surface area contributed by atoms with Crippen molar-refractivity contribution in [2.24, 2.45) is 5.73 Å². The van der Waals surface area contributed by atoms with Crippen LogP contribution in [0.25, 0.3) is 0 Å². The molecule has 0 aliphatic heterocycles. The smallest absolute Gasteiger partial charge is 0.0576 e. The fraction of sp³-hybridized carbons (Fsp3) is 0.571. The first-order valence-electron chi connectivity index (χ1n) is 6.53. The summed E-state index contributed by atoms with van der Waals surface area (Å²) in [7, 11) is -0.906. The lowest BCUT2D eigenvalue weighted by Gasteiger charge is -2.15. The summed E-state index contributed by atoms with van der Waals surface area (Å²) < 4.78 is 12.5. The molecule has 3 unspecified atom stereocenters. The van der Waals surface area contributed by atoms with E-state index >= 15 is 0 Å². The van der Waals surface area contributed by atoms with Gasteiger partial charge in [0.15, 0.2) is 0 Å². The second-order valence-corrected chi connectivity index (χ2v) is 6.89. The zero-order valence-corrected chi connectivity index (χ0v) is 10.8. The van der Waals surface area contributed by atoms with Gasteiger partial charge < -0.3 is 5.73 Å². The molecule has 0 spiro atoms. The van der Waals surface area contributed by atoms with Crippen molar-refractivity contribution >= 4 is 10.8 Å². The zero-order chi connectivity index (χ0) is 11.8. The Bertz CT molecular complexity index is 458. The van der Waals surface area contributed by atoms with Crippen molar-refractivity contribution in [1.29, 1.82) is 0 Å². The predicted octanol–water partition coefficient (Wildman–Crippen LogP) is 2.16. The van der Waals surface area contributed by atoms with Crippen LogP contribution in [-0.4, -0.2) is 15.5 Å². The standard InChI is InChI=1S/C14H19NOS/c15-13-5-2-6-14(13)17(16)12-8-7-10-3-1-4-11(10)9-12/h7-9,13-14H,1-6,15H2. The van der Waals surface area contributed by atoms with Gasteiger partial charge in [0.25, 0.3) is 0 Å². The lowest BCUT2D eigenvalue weighted by atomic mass is 10.1. The van der Waals surface area contributed by atoms with Crippen molar-refractivity contribution in [3.05, 3.63) is 29.3 Å². The van der Waals surface area contributed by atoms with Gasteiger partial charge in [0.05, 0.1) is 16.0 Å². The van der Waals surface area contributed by atoms with E-state index in [9.17, 15) is 4.21 Å². The molecule has 2 aliphatic carbocycles. The fourth-order valence-corrected chi connectivity index (χ4v) is 4.71. The molecule has 92 valence electrons. The Balaban J connectivity index is 1.86. The third kappa shape index (κ3) is 2.06. The molecule has 2 nitrogen and oxygen atoms in total. The number of fused-ring (bicyclic) bond motifs is 1. The fourth-order valence-electron chi connectivity index (χ4n) is 3.07. The highest BCUT2D eigenvalue weighted by atomic mass is 32.2. The Morgan fingerprint density at radius 2 is 1.94 bits per heavy atom. The van der Waals surface area contributed by atoms with Gasteiger partial charge in [-0.1, -0.05) is 12.5 Å². The van der Waals surface area contributed by atoms with E-state index in [2.05, 4.69) is 12.1 Å². The Morgan fingerprint density at radius 3 is 2.71 bits per heavy atom. The molecule has 0 aromatic heterocycles. The number of hydrogen-bond donors (Lipinski definition) is 1. The third-order valence-electron chi connectivity index (χ3n) is 4.08. The van der Waals surface area contributed by atoms with Crippen molar-refractivity contribution in [1.82, 2.24) is 0 Å². The summed E-state index contributed by atoms with van der Waals surface area (Å²) in [4.78, 5) is 0.994. The Hall–Kier alpha value is -0.670. The van der Waals surface area contributed by atoms with E-state index in [-0.39, 0.29) is 11.3 Å². The molecular weight excluding hydrogens is 230 g/mol. The average Bonchev–Trinajstić information content (AvgIpc) is 2.95. The lowest BCUT2D eigenvalue weighted by molar-refractivity contribution is 0.648. The van der Waals surface area contributed by atoms with Crippen LogP contribution < -0.4 is 5.73 Å². The Labute approximate surface area is 105 Å². The quantitative estimate of drug-likeness (QED) is 0.873. The number of nitrogens with two attached hydrogens (primary N) is 1. The maximum absolute atomic E-state index is 12.5. The topological polar surface area (TPSA) is 43.1 Å². The van der Waals surface area contributed by atoms with Crippen LogP contribution in [0.15, 0.2) is 23.1 Å². The predicted molar refractivity (Wildman–Crippen MR) is 70.5 cm³/mol. The summed E-state index contributed by atoms with van der Waals surface area (Å²) in [6.07, 6.45) is 6.76. The highest BCUT2D eigenvalue weighted by molar-refractivity contribution is 7.85. The molecule has 17 heavy (non-hydrogen) atoms. The molecule has 0 bridgehead atoms. The van der Waals surface area contributed by atoms with Gasteiger partial charge in [-0.15, -0.1) is 0 Å². The molecule has 0 amide bonds. The third-order valence-corrected chi connectivity index (χ3v) is 5.93. The van der Waals surface area contributed by atoms with Gasteiger partial charge in [0.1, 0.15) is 0 Å². The first kappa shape index (κ1) is 11.4. The van der Waals surface area contributed by atoms with E-state index in [1.165, 1.54) is 24.0 Å². The molecule has 3 atom stereocenters. The van der Waals surface area contributed by atoms with E-state index in [1.54, 1.807) is 0 Å².